The predicted octanol–water partition coefficient (Wildman–Crippen LogP) is 7.52. The first-order valence-corrected chi connectivity index (χ1v) is 14.2. The number of guanidine groups is 1. The highest BCUT2D eigenvalue weighted by atomic mass is 35.5. The summed E-state index contributed by atoms with van der Waals surface area (Å²) < 4.78 is 16.5. The lowest BCUT2D eigenvalue weighted by Crippen LogP contribution is -2.57. The van der Waals surface area contributed by atoms with Gasteiger partial charge in [0.2, 0.25) is 5.96 Å². The summed E-state index contributed by atoms with van der Waals surface area (Å²) in [7, 11) is 0. The molecular formula is C28H44Cl2N4O6. The molecule has 10 nitrogen and oxygen atoms in total. The van der Waals surface area contributed by atoms with Crippen LogP contribution in [0.4, 0.5) is 9.59 Å². The van der Waals surface area contributed by atoms with E-state index < -0.39 is 41.9 Å². The van der Waals surface area contributed by atoms with Crippen molar-refractivity contribution in [3.05, 3.63) is 27.7 Å². The van der Waals surface area contributed by atoms with Gasteiger partial charge in [0.15, 0.2) is 6.61 Å². The van der Waals surface area contributed by atoms with Gasteiger partial charge in [-0.15, -0.1) is 4.90 Å². The number of imide groups is 1. The van der Waals surface area contributed by atoms with Crippen molar-refractivity contribution in [1.29, 1.82) is 5.41 Å². The zero-order chi connectivity index (χ0) is 30.8. The fraction of sp³-hybridized carbons (Fsp3) is 0.643. The van der Waals surface area contributed by atoms with Crippen LogP contribution in [-0.4, -0.2) is 58.3 Å². The molecule has 12 heteroatoms. The molecule has 0 saturated heterocycles. The highest BCUT2D eigenvalue weighted by molar-refractivity contribution is 6.35. The van der Waals surface area contributed by atoms with Crippen molar-refractivity contribution in [2.45, 2.75) is 105 Å². The fourth-order valence-corrected chi connectivity index (χ4v) is 3.91. The monoisotopic (exact) mass is 602 g/mol. The second-order valence-electron chi connectivity index (χ2n) is 11.4. The maximum absolute atomic E-state index is 13.3. The number of unbranched alkanes of at least 4 members (excludes halogenated alkanes) is 2. The van der Waals surface area contributed by atoms with E-state index in [2.05, 4.69) is 5.43 Å². The number of carbonyl (C=O) groups excluding carboxylic acids is 3. The number of amides is 3. The Morgan fingerprint density at radius 2 is 1.52 bits per heavy atom. The van der Waals surface area contributed by atoms with Crippen LogP contribution in [0.5, 0.6) is 5.75 Å². The molecule has 0 aliphatic heterocycles. The first-order valence-electron chi connectivity index (χ1n) is 13.4. The summed E-state index contributed by atoms with van der Waals surface area (Å²) in [6, 6.07) is 3.30. The molecule has 0 radical (unpaired) electrons. The van der Waals surface area contributed by atoms with Crippen LogP contribution in [0.15, 0.2) is 12.1 Å². The normalized spacial score (nSPS) is 12.3. The Morgan fingerprint density at radius 1 is 0.975 bits per heavy atom. The number of ether oxygens (including phenoxy) is 3. The van der Waals surface area contributed by atoms with Crippen molar-refractivity contribution in [1.82, 2.24) is 15.3 Å². The van der Waals surface area contributed by atoms with Crippen molar-refractivity contribution in [2.24, 2.45) is 0 Å². The second kappa shape index (κ2) is 15.3. The lowest BCUT2D eigenvalue weighted by molar-refractivity contribution is -0.135. The minimum absolute atomic E-state index is 0.0736. The van der Waals surface area contributed by atoms with Crippen LogP contribution in [0.1, 0.15) is 99.5 Å². The quantitative estimate of drug-likeness (QED) is 0.130. The van der Waals surface area contributed by atoms with Crippen molar-refractivity contribution in [2.75, 3.05) is 13.2 Å². The van der Waals surface area contributed by atoms with Gasteiger partial charge in [-0.05, 0) is 78.0 Å². The van der Waals surface area contributed by atoms with E-state index in [1.807, 2.05) is 20.8 Å². The van der Waals surface area contributed by atoms with Gasteiger partial charge in [-0.1, -0.05) is 56.8 Å². The van der Waals surface area contributed by atoms with E-state index in [-0.39, 0.29) is 17.5 Å². The van der Waals surface area contributed by atoms with E-state index >= 15 is 0 Å². The summed E-state index contributed by atoms with van der Waals surface area (Å²) in [5.41, 5.74) is 1.44. The van der Waals surface area contributed by atoms with Crippen LogP contribution in [0.2, 0.25) is 10.0 Å². The van der Waals surface area contributed by atoms with E-state index in [9.17, 15) is 14.4 Å². The van der Waals surface area contributed by atoms with Gasteiger partial charge in [0.25, 0.3) is 5.91 Å². The zero-order valence-corrected chi connectivity index (χ0v) is 26.6. The Balaban J connectivity index is 3.24. The summed E-state index contributed by atoms with van der Waals surface area (Å²) in [5, 5.41) is 10.4. The fourth-order valence-electron chi connectivity index (χ4n) is 3.34. The van der Waals surface area contributed by atoms with E-state index in [0.717, 1.165) is 29.8 Å². The molecular weight excluding hydrogens is 559 g/mol. The molecule has 0 aliphatic rings. The summed E-state index contributed by atoms with van der Waals surface area (Å²) in [6.07, 6.45) is 0.847. The van der Waals surface area contributed by atoms with Gasteiger partial charge in [0.1, 0.15) is 17.0 Å². The topological polar surface area (TPSA) is 121 Å². The summed E-state index contributed by atoms with van der Waals surface area (Å²) in [5.74, 6) is -0.834. The first-order chi connectivity index (χ1) is 18.4. The van der Waals surface area contributed by atoms with Gasteiger partial charge in [-0.2, -0.15) is 0 Å². The minimum Gasteiger partial charge on any atom is -0.482 e. The molecule has 40 heavy (non-hydrogen) atoms. The molecule has 3 amide bonds. The van der Waals surface area contributed by atoms with Crippen LogP contribution in [0.25, 0.3) is 0 Å². The molecule has 1 rings (SSSR count). The summed E-state index contributed by atoms with van der Waals surface area (Å²) in [4.78, 5) is 39.6. The van der Waals surface area contributed by atoms with Gasteiger partial charge in [0, 0.05) is 11.6 Å². The smallest absolute Gasteiger partial charge is 0.427 e. The molecule has 0 bridgehead atoms. The molecule has 2 N–H and O–H groups in total. The predicted molar refractivity (Wildman–Crippen MR) is 157 cm³/mol. The Morgan fingerprint density at radius 3 is 2.00 bits per heavy atom. The van der Waals surface area contributed by atoms with Gasteiger partial charge < -0.3 is 14.2 Å². The Labute approximate surface area is 248 Å². The van der Waals surface area contributed by atoms with E-state index in [4.69, 9.17) is 42.8 Å². The average Bonchev–Trinajstić information content (AvgIpc) is 2.79. The highest BCUT2D eigenvalue weighted by Crippen LogP contribution is 2.37. The number of carbonyl (C=O) groups is 3. The first kappa shape index (κ1) is 35.3. The molecule has 1 unspecified atom stereocenters. The van der Waals surface area contributed by atoms with Gasteiger partial charge in [-0.25, -0.2) is 9.59 Å². The van der Waals surface area contributed by atoms with Crippen molar-refractivity contribution < 1.29 is 28.6 Å². The maximum atomic E-state index is 13.3. The molecule has 1 atom stereocenters. The van der Waals surface area contributed by atoms with Crippen molar-refractivity contribution in [3.63, 3.8) is 0 Å². The number of hydrogen-bond donors (Lipinski definition) is 2. The molecule has 0 saturated carbocycles. The highest BCUT2D eigenvalue weighted by Gasteiger charge is 2.35. The van der Waals surface area contributed by atoms with E-state index in [1.165, 1.54) is 0 Å². The summed E-state index contributed by atoms with van der Waals surface area (Å²) in [6.45, 7) is 15.6. The second-order valence-corrected chi connectivity index (χ2v) is 12.3. The molecule has 0 spiro atoms. The third kappa shape index (κ3) is 11.8. The van der Waals surface area contributed by atoms with Crippen LogP contribution in [0, 0.1) is 5.41 Å². The van der Waals surface area contributed by atoms with E-state index in [1.54, 1.807) is 53.7 Å². The number of nitrogens with one attached hydrogen (secondary N) is 2. The van der Waals surface area contributed by atoms with Gasteiger partial charge >= 0.3 is 12.2 Å². The van der Waals surface area contributed by atoms with E-state index in [0.29, 0.717) is 22.1 Å². The van der Waals surface area contributed by atoms with Crippen LogP contribution in [-0.2, 0) is 14.3 Å². The lowest BCUT2D eigenvalue weighted by Gasteiger charge is -2.31. The standard InChI is InChI=1S/C28H44Cl2N4O6/c1-10-12-13-14-33(22(35)17-38-23-20(18(3)11-2)15-19(29)16-21(23)30)32-24(31)34(25(36)39-27(4,5)6)26(37)40-28(7,8)9/h15-16,18H,10-14,17H2,1-9H3,(H2,31,32). The number of hydrogen-bond acceptors (Lipinski definition) is 7. The van der Waals surface area contributed by atoms with Crippen LogP contribution >= 0.6 is 23.2 Å². The number of rotatable bonds is 9. The summed E-state index contributed by atoms with van der Waals surface area (Å²) >= 11 is 12.6. The maximum Gasteiger partial charge on any atom is 0.427 e. The number of benzene rings is 1. The van der Waals surface area contributed by atoms with Crippen molar-refractivity contribution >= 4 is 47.3 Å². The molecule has 0 heterocycles. The average molecular weight is 604 g/mol. The number of nitrogens with zero attached hydrogens (tertiary/aromatic N) is 2. The third-order valence-corrected chi connectivity index (χ3v) is 5.92. The van der Waals surface area contributed by atoms with Crippen LogP contribution in [0.3, 0.4) is 0 Å². The number of hydrazine groups is 1. The zero-order valence-electron chi connectivity index (χ0n) is 25.1. The van der Waals surface area contributed by atoms with Gasteiger partial charge in [0.05, 0.1) is 5.02 Å². The Hall–Kier alpha value is -2.72. The molecule has 0 aliphatic carbocycles. The molecule has 1 aromatic rings. The minimum atomic E-state index is -1.12. The lowest BCUT2D eigenvalue weighted by atomic mass is 9.98. The van der Waals surface area contributed by atoms with Gasteiger partial charge in [-0.3, -0.25) is 20.6 Å². The molecule has 0 aromatic heterocycles. The molecule has 1 aromatic carbocycles. The molecule has 0 fully saturated rings. The Kier molecular flexibility index (Phi) is 13.5. The molecule has 226 valence electrons. The SMILES string of the molecule is CCCCCN(NC(=N)N(C(=O)OC(C)(C)C)C(=O)OC(C)(C)C)C(=O)COc1c(Cl)cc(Cl)cc1C(C)CC. The third-order valence-electron chi connectivity index (χ3n) is 5.42. The number of halogens is 2. The Bertz CT molecular complexity index is 1020. The van der Waals surface area contributed by atoms with Crippen LogP contribution < -0.4 is 10.2 Å². The van der Waals surface area contributed by atoms with Crippen molar-refractivity contribution in [3.8, 4) is 5.75 Å². The largest absolute Gasteiger partial charge is 0.482 e.